The average Bonchev–Trinajstić information content (AvgIpc) is 2.91. The Balaban J connectivity index is 0.00000242. The predicted octanol–water partition coefficient (Wildman–Crippen LogP) is 3.98. The molecule has 1 amide bonds. The maximum atomic E-state index is 12.4. The summed E-state index contributed by atoms with van der Waals surface area (Å²) >= 11 is 12.1. The van der Waals surface area contributed by atoms with Crippen LogP contribution in [0.4, 0.5) is 0 Å². The summed E-state index contributed by atoms with van der Waals surface area (Å²) in [4.78, 5) is 12.4. The van der Waals surface area contributed by atoms with E-state index in [4.69, 9.17) is 28.9 Å². The Labute approximate surface area is 148 Å². The van der Waals surface area contributed by atoms with Gasteiger partial charge in [0.25, 0.3) is 0 Å². The lowest BCUT2D eigenvalue weighted by Crippen LogP contribution is -2.53. The van der Waals surface area contributed by atoms with Gasteiger partial charge in [-0.15, -0.1) is 12.4 Å². The van der Waals surface area contributed by atoms with Crippen molar-refractivity contribution in [1.29, 1.82) is 0 Å². The first-order valence-corrected chi connectivity index (χ1v) is 8.17. The van der Waals surface area contributed by atoms with E-state index in [2.05, 4.69) is 5.32 Å². The molecular weight excluding hydrogens is 343 g/mol. The van der Waals surface area contributed by atoms with E-state index in [0.29, 0.717) is 23.0 Å². The normalized spacial score (nSPS) is 17.6. The zero-order chi connectivity index (χ0) is 15.5. The Morgan fingerprint density at radius 2 is 2.00 bits per heavy atom. The molecule has 6 heteroatoms. The molecule has 0 aliphatic heterocycles. The van der Waals surface area contributed by atoms with Crippen molar-refractivity contribution in [2.24, 2.45) is 11.7 Å². The van der Waals surface area contributed by atoms with Crippen LogP contribution in [0.2, 0.25) is 10.0 Å². The lowest BCUT2D eigenvalue weighted by Gasteiger charge is -2.30. The minimum atomic E-state index is -0.199. The molecule has 0 heterocycles. The fourth-order valence-electron chi connectivity index (χ4n) is 2.93. The average molecular weight is 366 g/mol. The monoisotopic (exact) mass is 364 g/mol. The molecule has 0 radical (unpaired) electrons. The molecule has 3 nitrogen and oxygen atoms in total. The molecule has 124 valence electrons. The van der Waals surface area contributed by atoms with Gasteiger partial charge >= 0.3 is 0 Å². The van der Waals surface area contributed by atoms with Crippen LogP contribution < -0.4 is 11.1 Å². The van der Waals surface area contributed by atoms with Gasteiger partial charge in [-0.1, -0.05) is 49.0 Å². The highest BCUT2D eigenvalue weighted by molar-refractivity contribution is 6.35. The molecule has 1 aliphatic carbocycles. The Morgan fingerprint density at radius 1 is 1.36 bits per heavy atom. The molecule has 0 saturated heterocycles. The van der Waals surface area contributed by atoms with Crippen LogP contribution in [0.3, 0.4) is 0 Å². The quantitative estimate of drug-likeness (QED) is 0.829. The van der Waals surface area contributed by atoms with Crippen LogP contribution in [0.15, 0.2) is 18.2 Å². The Morgan fingerprint density at radius 3 is 2.55 bits per heavy atom. The summed E-state index contributed by atoms with van der Waals surface area (Å²) in [7, 11) is 0. The van der Waals surface area contributed by atoms with Gasteiger partial charge in [0.1, 0.15) is 0 Å². The summed E-state index contributed by atoms with van der Waals surface area (Å²) in [6.45, 7) is 2.42. The lowest BCUT2D eigenvalue weighted by molar-refractivity contribution is -0.126. The largest absolute Gasteiger partial charge is 0.349 e. The third-order valence-electron chi connectivity index (χ3n) is 4.33. The number of hydrogen-bond acceptors (Lipinski definition) is 2. The van der Waals surface area contributed by atoms with Gasteiger partial charge in [-0.2, -0.15) is 0 Å². The molecular formula is C16H23Cl3N2O. The van der Waals surface area contributed by atoms with Crippen LogP contribution in [-0.2, 0) is 11.2 Å². The first-order valence-electron chi connectivity index (χ1n) is 7.42. The van der Waals surface area contributed by atoms with Crippen LogP contribution in [-0.4, -0.2) is 18.0 Å². The highest BCUT2D eigenvalue weighted by Crippen LogP contribution is 2.29. The van der Waals surface area contributed by atoms with E-state index in [9.17, 15) is 4.79 Å². The Kier molecular flexibility index (Phi) is 7.47. The predicted molar refractivity (Wildman–Crippen MR) is 95.0 cm³/mol. The third kappa shape index (κ3) is 4.76. The van der Waals surface area contributed by atoms with Crippen molar-refractivity contribution < 1.29 is 4.79 Å². The van der Waals surface area contributed by atoms with Crippen molar-refractivity contribution in [2.75, 3.05) is 6.54 Å². The van der Waals surface area contributed by atoms with Crippen LogP contribution in [0.1, 0.15) is 38.2 Å². The number of nitrogens with one attached hydrogen (secondary N) is 1. The van der Waals surface area contributed by atoms with E-state index < -0.39 is 0 Å². The van der Waals surface area contributed by atoms with Crippen molar-refractivity contribution in [3.63, 3.8) is 0 Å². The maximum Gasteiger partial charge on any atom is 0.223 e. The summed E-state index contributed by atoms with van der Waals surface area (Å²) in [6, 6.07) is 5.38. The molecule has 1 aromatic rings. The first-order chi connectivity index (χ1) is 9.96. The van der Waals surface area contributed by atoms with Crippen molar-refractivity contribution >= 4 is 41.5 Å². The highest BCUT2D eigenvalue weighted by atomic mass is 35.5. The second-order valence-corrected chi connectivity index (χ2v) is 6.87. The molecule has 1 aliphatic rings. The van der Waals surface area contributed by atoms with E-state index in [1.165, 1.54) is 0 Å². The number of carbonyl (C=O) groups is 1. The Hall–Kier alpha value is -0.480. The minimum Gasteiger partial charge on any atom is -0.349 e. The maximum absolute atomic E-state index is 12.4. The number of carbonyl (C=O) groups excluding carboxylic acids is 1. The summed E-state index contributed by atoms with van der Waals surface area (Å²) in [5, 5.41) is 4.37. The number of amides is 1. The molecule has 2 rings (SSSR count). The number of nitrogens with two attached hydrogens (primary N) is 1. The van der Waals surface area contributed by atoms with Gasteiger partial charge in [0.2, 0.25) is 5.91 Å². The number of hydrogen-bond donors (Lipinski definition) is 2. The summed E-state index contributed by atoms with van der Waals surface area (Å²) in [5.41, 5.74) is 6.60. The third-order valence-corrected chi connectivity index (χ3v) is 4.92. The Bertz CT molecular complexity index is 516. The van der Waals surface area contributed by atoms with Gasteiger partial charge in [0.05, 0.1) is 5.54 Å². The standard InChI is InChI=1S/C16H22Cl2N2O.ClH/c1-11(8-12-4-5-13(17)9-14(12)18)15(21)20-16(10-19)6-2-3-7-16;/h4-5,9,11H,2-3,6-8,10,19H2,1H3,(H,20,21);1H. The van der Waals surface area contributed by atoms with E-state index in [1.807, 2.05) is 13.0 Å². The van der Waals surface area contributed by atoms with Crippen LogP contribution in [0.25, 0.3) is 0 Å². The van der Waals surface area contributed by atoms with Gasteiger partial charge in [-0.05, 0) is 37.0 Å². The highest BCUT2D eigenvalue weighted by Gasteiger charge is 2.34. The fourth-order valence-corrected chi connectivity index (χ4v) is 3.41. The van der Waals surface area contributed by atoms with Crippen LogP contribution in [0, 0.1) is 5.92 Å². The van der Waals surface area contributed by atoms with Gasteiger partial charge in [-0.3, -0.25) is 4.79 Å². The second kappa shape index (κ2) is 8.39. The molecule has 0 bridgehead atoms. The van der Waals surface area contributed by atoms with E-state index in [-0.39, 0.29) is 29.8 Å². The smallest absolute Gasteiger partial charge is 0.223 e. The molecule has 22 heavy (non-hydrogen) atoms. The zero-order valence-electron chi connectivity index (χ0n) is 12.7. The van der Waals surface area contributed by atoms with Crippen LogP contribution >= 0.6 is 35.6 Å². The molecule has 0 aromatic heterocycles. The molecule has 1 unspecified atom stereocenters. The number of halogens is 3. The molecule has 1 atom stereocenters. The van der Waals surface area contributed by atoms with Gasteiger partial charge in [0.15, 0.2) is 0 Å². The fraction of sp³-hybridized carbons (Fsp3) is 0.562. The zero-order valence-corrected chi connectivity index (χ0v) is 15.0. The van der Waals surface area contributed by atoms with Gasteiger partial charge in [0, 0.05) is 22.5 Å². The van der Waals surface area contributed by atoms with Crippen molar-refractivity contribution in [3.8, 4) is 0 Å². The van der Waals surface area contributed by atoms with Crippen LogP contribution in [0.5, 0.6) is 0 Å². The van der Waals surface area contributed by atoms with Gasteiger partial charge in [-0.25, -0.2) is 0 Å². The topological polar surface area (TPSA) is 55.1 Å². The van der Waals surface area contributed by atoms with Crippen molar-refractivity contribution in [3.05, 3.63) is 33.8 Å². The van der Waals surface area contributed by atoms with Crippen molar-refractivity contribution in [1.82, 2.24) is 5.32 Å². The van der Waals surface area contributed by atoms with E-state index in [1.54, 1.807) is 12.1 Å². The molecule has 1 saturated carbocycles. The van der Waals surface area contributed by atoms with E-state index in [0.717, 1.165) is 31.2 Å². The SMILES string of the molecule is CC(Cc1ccc(Cl)cc1Cl)C(=O)NC1(CN)CCCC1.Cl. The van der Waals surface area contributed by atoms with Crippen molar-refractivity contribution in [2.45, 2.75) is 44.6 Å². The summed E-state index contributed by atoms with van der Waals surface area (Å²) in [5.74, 6) is -0.0962. The molecule has 1 aromatic carbocycles. The number of rotatable bonds is 5. The second-order valence-electron chi connectivity index (χ2n) is 6.02. The van der Waals surface area contributed by atoms with E-state index >= 15 is 0 Å². The first kappa shape index (κ1) is 19.6. The van der Waals surface area contributed by atoms with Gasteiger partial charge < -0.3 is 11.1 Å². The molecule has 3 N–H and O–H groups in total. The molecule has 0 spiro atoms. The minimum absolute atomic E-state index is 0. The molecule has 1 fully saturated rings. The lowest BCUT2D eigenvalue weighted by atomic mass is 9.94. The summed E-state index contributed by atoms with van der Waals surface area (Å²) < 4.78 is 0. The summed E-state index contributed by atoms with van der Waals surface area (Å²) in [6.07, 6.45) is 4.82. The number of benzene rings is 1.